The summed E-state index contributed by atoms with van der Waals surface area (Å²) in [5.41, 5.74) is 2.16. The topological polar surface area (TPSA) is 29.5 Å². The predicted octanol–water partition coefficient (Wildman–Crippen LogP) is 4.49. The Morgan fingerprint density at radius 1 is 1.13 bits per heavy atom. The number of nitrogens with zero attached hydrogens (tertiary/aromatic N) is 1. The number of fused-ring (bicyclic) bond motifs is 1. The van der Waals surface area contributed by atoms with Crippen LogP contribution < -0.4 is 4.74 Å². The summed E-state index contributed by atoms with van der Waals surface area (Å²) in [5.74, 6) is 0.929. The van der Waals surface area contributed by atoms with Crippen molar-refractivity contribution in [3.8, 4) is 5.75 Å². The fourth-order valence-electron chi connectivity index (χ4n) is 2.61. The zero-order valence-corrected chi connectivity index (χ0v) is 14.3. The normalized spacial score (nSPS) is 10.7. The van der Waals surface area contributed by atoms with Gasteiger partial charge in [-0.1, -0.05) is 18.2 Å². The molecule has 0 spiro atoms. The fraction of sp³-hybridized carbons (Fsp3) is 0.211. The van der Waals surface area contributed by atoms with Gasteiger partial charge in [0.15, 0.2) is 0 Å². The van der Waals surface area contributed by atoms with E-state index in [1.807, 2.05) is 43.6 Å². The van der Waals surface area contributed by atoms with E-state index in [0.717, 1.165) is 32.5 Å². The highest BCUT2D eigenvalue weighted by Gasteiger charge is 2.15. The third-order valence-corrected chi connectivity index (χ3v) is 4.94. The van der Waals surface area contributed by atoms with Gasteiger partial charge in [0.25, 0.3) is 5.91 Å². The molecule has 1 heterocycles. The lowest BCUT2D eigenvalue weighted by Gasteiger charge is -2.17. The number of hydrogen-bond acceptors (Lipinski definition) is 3. The zero-order valence-electron chi connectivity index (χ0n) is 13.5. The first-order chi connectivity index (χ1) is 11.1. The molecule has 118 valence electrons. The van der Waals surface area contributed by atoms with E-state index in [2.05, 4.69) is 18.2 Å². The van der Waals surface area contributed by atoms with Gasteiger partial charge in [0.1, 0.15) is 5.75 Å². The highest BCUT2D eigenvalue weighted by molar-refractivity contribution is 7.12. The molecule has 0 saturated heterocycles. The van der Waals surface area contributed by atoms with Crippen molar-refractivity contribution in [2.24, 2.45) is 0 Å². The molecule has 0 fully saturated rings. The summed E-state index contributed by atoms with van der Waals surface area (Å²) in [7, 11) is 3.52. The van der Waals surface area contributed by atoms with Crippen LogP contribution in [0.4, 0.5) is 0 Å². The van der Waals surface area contributed by atoms with Crippen molar-refractivity contribution in [1.29, 1.82) is 0 Å². The van der Waals surface area contributed by atoms with Crippen molar-refractivity contribution in [3.05, 3.63) is 63.8 Å². The Hall–Kier alpha value is -2.33. The maximum atomic E-state index is 12.5. The van der Waals surface area contributed by atoms with Crippen molar-refractivity contribution < 1.29 is 9.53 Å². The molecule has 0 aliphatic heterocycles. The quantitative estimate of drug-likeness (QED) is 0.707. The van der Waals surface area contributed by atoms with Gasteiger partial charge in [-0.2, -0.15) is 0 Å². The zero-order chi connectivity index (χ0) is 16.4. The number of ether oxygens (including phenoxy) is 1. The summed E-state index contributed by atoms with van der Waals surface area (Å²) >= 11 is 1.50. The lowest BCUT2D eigenvalue weighted by atomic mass is 10.1. The van der Waals surface area contributed by atoms with Crippen LogP contribution in [0.25, 0.3) is 10.8 Å². The van der Waals surface area contributed by atoms with Gasteiger partial charge in [-0.15, -0.1) is 11.3 Å². The predicted molar refractivity (Wildman–Crippen MR) is 95.4 cm³/mol. The van der Waals surface area contributed by atoms with Crippen LogP contribution in [0.1, 0.15) is 20.8 Å². The van der Waals surface area contributed by atoms with Crippen LogP contribution in [0.2, 0.25) is 0 Å². The van der Waals surface area contributed by atoms with Crippen LogP contribution in [0.5, 0.6) is 5.75 Å². The van der Waals surface area contributed by atoms with Gasteiger partial charge in [-0.3, -0.25) is 4.79 Å². The van der Waals surface area contributed by atoms with Gasteiger partial charge >= 0.3 is 0 Å². The Morgan fingerprint density at radius 2 is 1.87 bits per heavy atom. The Bertz CT molecular complexity index is 853. The summed E-state index contributed by atoms with van der Waals surface area (Å²) in [5, 5.41) is 4.24. The van der Waals surface area contributed by atoms with Crippen molar-refractivity contribution >= 4 is 28.0 Å². The maximum Gasteiger partial charge on any atom is 0.264 e. The number of rotatable bonds is 4. The minimum atomic E-state index is 0.0762. The third kappa shape index (κ3) is 3.22. The first-order valence-corrected chi connectivity index (χ1v) is 8.32. The largest absolute Gasteiger partial charge is 0.497 e. The van der Waals surface area contributed by atoms with E-state index in [1.54, 1.807) is 12.0 Å². The number of hydrogen-bond donors (Lipinski definition) is 0. The van der Waals surface area contributed by atoms with E-state index in [1.165, 1.54) is 11.3 Å². The number of carbonyl (C=O) groups excluding carboxylic acids is 1. The van der Waals surface area contributed by atoms with Gasteiger partial charge in [-0.05, 0) is 58.5 Å². The SMILES string of the molecule is COc1ccc2cc(CN(C)C(=O)c3sccc3C)ccc2c1. The minimum Gasteiger partial charge on any atom is -0.497 e. The lowest BCUT2D eigenvalue weighted by Crippen LogP contribution is -2.25. The molecule has 0 saturated carbocycles. The van der Waals surface area contributed by atoms with E-state index in [4.69, 9.17) is 4.74 Å². The molecule has 0 aliphatic rings. The molecule has 3 rings (SSSR count). The molecule has 0 atom stereocenters. The first kappa shape index (κ1) is 15.6. The van der Waals surface area contributed by atoms with Gasteiger partial charge in [0.05, 0.1) is 12.0 Å². The summed E-state index contributed by atoms with van der Waals surface area (Å²) in [6.45, 7) is 2.57. The Morgan fingerprint density at radius 3 is 2.57 bits per heavy atom. The van der Waals surface area contributed by atoms with E-state index in [9.17, 15) is 4.79 Å². The second-order valence-electron chi connectivity index (χ2n) is 5.64. The summed E-state index contributed by atoms with van der Waals surface area (Å²) in [4.78, 5) is 15.1. The highest BCUT2D eigenvalue weighted by Crippen LogP contribution is 2.23. The lowest BCUT2D eigenvalue weighted by molar-refractivity contribution is 0.0789. The molecule has 1 amide bonds. The smallest absolute Gasteiger partial charge is 0.264 e. The second-order valence-corrected chi connectivity index (χ2v) is 6.56. The van der Waals surface area contributed by atoms with Crippen LogP contribution in [0.3, 0.4) is 0 Å². The van der Waals surface area contributed by atoms with Crippen LogP contribution in [0, 0.1) is 6.92 Å². The molecule has 1 aromatic heterocycles. The van der Waals surface area contributed by atoms with Crippen LogP contribution >= 0.6 is 11.3 Å². The molecule has 23 heavy (non-hydrogen) atoms. The number of amides is 1. The second kappa shape index (κ2) is 6.42. The van der Waals surface area contributed by atoms with Crippen LogP contribution in [0.15, 0.2) is 47.8 Å². The van der Waals surface area contributed by atoms with Gasteiger partial charge in [0, 0.05) is 13.6 Å². The van der Waals surface area contributed by atoms with Gasteiger partial charge in [0.2, 0.25) is 0 Å². The van der Waals surface area contributed by atoms with Crippen molar-refractivity contribution in [2.75, 3.05) is 14.2 Å². The van der Waals surface area contributed by atoms with Crippen molar-refractivity contribution in [2.45, 2.75) is 13.5 Å². The Balaban J connectivity index is 1.81. The minimum absolute atomic E-state index is 0.0762. The van der Waals surface area contributed by atoms with E-state index < -0.39 is 0 Å². The maximum absolute atomic E-state index is 12.5. The van der Waals surface area contributed by atoms with E-state index in [0.29, 0.717) is 6.54 Å². The summed E-state index contributed by atoms with van der Waals surface area (Å²) in [6.07, 6.45) is 0. The molecular weight excluding hydrogens is 306 g/mol. The average Bonchev–Trinajstić information content (AvgIpc) is 2.99. The van der Waals surface area contributed by atoms with E-state index >= 15 is 0 Å². The molecule has 2 aromatic carbocycles. The van der Waals surface area contributed by atoms with Gasteiger partial charge < -0.3 is 9.64 Å². The Kier molecular flexibility index (Phi) is 4.35. The summed E-state index contributed by atoms with van der Waals surface area (Å²) in [6, 6.07) is 14.3. The Labute approximate surface area is 140 Å². The number of methoxy groups -OCH3 is 1. The molecule has 0 aliphatic carbocycles. The molecule has 3 nitrogen and oxygen atoms in total. The monoisotopic (exact) mass is 325 g/mol. The third-order valence-electron chi connectivity index (χ3n) is 3.93. The average molecular weight is 325 g/mol. The molecule has 0 bridgehead atoms. The molecular formula is C19H19NO2S. The van der Waals surface area contributed by atoms with Crippen LogP contribution in [-0.2, 0) is 6.54 Å². The number of thiophene rings is 1. The molecule has 4 heteroatoms. The number of carbonyl (C=O) groups is 1. The van der Waals surface area contributed by atoms with E-state index in [-0.39, 0.29) is 5.91 Å². The highest BCUT2D eigenvalue weighted by atomic mass is 32.1. The molecule has 0 N–H and O–H groups in total. The number of benzene rings is 2. The molecule has 0 radical (unpaired) electrons. The fourth-order valence-corrected chi connectivity index (χ4v) is 3.53. The van der Waals surface area contributed by atoms with Crippen molar-refractivity contribution in [3.63, 3.8) is 0 Å². The number of aryl methyl sites for hydroxylation is 1. The molecule has 3 aromatic rings. The first-order valence-electron chi connectivity index (χ1n) is 7.45. The van der Waals surface area contributed by atoms with Gasteiger partial charge in [-0.25, -0.2) is 0 Å². The van der Waals surface area contributed by atoms with Crippen molar-refractivity contribution in [1.82, 2.24) is 4.90 Å². The van der Waals surface area contributed by atoms with Crippen LogP contribution in [-0.4, -0.2) is 25.0 Å². The standard InChI is InChI=1S/C19H19NO2S/c1-13-8-9-23-18(13)19(21)20(2)12-14-4-5-16-11-17(22-3)7-6-15(16)10-14/h4-11H,12H2,1-3H3. The molecule has 0 unspecified atom stereocenters. The summed E-state index contributed by atoms with van der Waals surface area (Å²) < 4.78 is 5.25.